The Bertz CT molecular complexity index is 490. The van der Waals surface area contributed by atoms with E-state index in [-0.39, 0.29) is 17.2 Å². The monoisotopic (exact) mass is 302 g/mol. The molecule has 1 rings (SSSR count). The lowest BCUT2D eigenvalue weighted by Gasteiger charge is -2.08. The highest BCUT2D eigenvalue weighted by molar-refractivity contribution is 8.13. The van der Waals surface area contributed by atoms with Gasteiger partial charge in [-0.2, -0.15) is 5.10 Å². The Balaban J connectivity index is 3.01. The van der Waals surface area contributed by atoms with Crippen molar-refractivity contribution < 1.29 is 21.9 Å². The Morgan fingerprint density at radius 2 is 2.22 bits per heavy atom. The SMILES string of the molecule is CCCOCc1c(S(=O)(=O)Cl)cnn1CC(F)F. The van der Waals surface area contributed by atoms with Gasteiger partial charge in [0, 0.05) is 17.3 Å². The Hall–Kier alpha value is -0.730. The van der Waals surface area contributed by atoms with Crippen molar-refractivity contribution in [2.75, 3.05) is 6.61 Å². The van der Waals surface area contributed by atoms with Gasteiger partial charge in [0.2, 0.25) is 0 Å². The van der Waals surface area contributed by atoms with Crippen LogP contribution in [-0.2, 0) is 26.9 Å². The van der Waals surface area contributed by atoms with Gasteiger partial charge in [0.05, 0.1) is 18.5 Å². The van der Waals surface area contributed by atoms with E-state index in [0.717, 1.165) is 17.3 Å². The molecule has 0 fully saturated rings. The van der Waals surface area contributed by atoms with Crippen molar-refractivity contribution in [1.29, 1.82) is 0 Å². The molecule has 0 amide bonds. The Labute approximate surface area is 108 Å². The first-order chi connectivity index (χ1) is 8.36. The van der Waals surface area contributed by atoms with Crippen molar-refractivity contribution in [3.05, 3.63) is 11.9 Å². The van der Waals surface area contributed by atoms with Crippen LogP contribution in [0.3, 0.4) is 0 Å². The van der Waals surface area contributed by atoms with Crippen molar-refractivity contribution in [3.63, 3.8) is 0 Å². The van der Waals surface area contributed by atoms with E-state index >= 15 is 0 Å². The van der Waals surface area contributed by atoms with Gasteiger partial charge < -0.3 is 4.74 Å². The normalized spacial score (nSPS) is 12.3. The molecule has 104 valence electrons. The zero-order valence-corrected chi connectivity index (χ0v) is 11.2. The second kappa shape index (κ2) is 6.44. The first kappa shape index (κ1) is 15.3. The number of halogens is 3. The van der Waals surface area contributed by atoms with E-state index in [1.807, 2.05) is 6.92 Å². The highest BCUT2D eigenvalue weighted by atomic mass is 35.7. The number of alkyl halides is 2. The number of ether oxygens (including phenoxy) is 1. The summed E-state index contributed by atoms with van der Waals surface area (Å²) >= 11 is 0. The van der Waals surface area contributed by atoms with Crippen molar-refractivity contribution in [2.24, 2.45) is 0 Å². The summed E-state index contributed by atoms with van der Waals surface area (Å²) in [7, 11) is 1.18. The molecule has 1 aromatic rings. The lowest BCUT2D eigenvalue weighted by molar-refractivity contribution is 0.0980. The van der Waals surface area contributed by atoms with Crippen molar-refractivity contribution in [3.8, 4) is 0 Å². The second-order valence-corrected chi connectivity index (χ2v) is 6.05. The van der Waals surface area contributed by atoms with Crippen LogP contribution >= 0.6 is 10.7 Å². The number of aromatic nitrogens is 2. The predicted molar refractivity (Wildman–Crippen MR) is 61.2 cm³/mol. The van der Waals surface area contributed by atoms with E-state index in [1.165, 1.54) is 0 Å². The Morgan fingerprint density at radius 1 is 1.56 bits per heavy atom. The van der Waals surface area contributed by atoms with E-state index in [1.54, 1.807) is 0 Å². The summed E-state index contributed by atoms with van der Waals surface area (Å²) in [6.07, 6.45) is -0.956. The summed E-state index contributed by atoms with van der Waals surface area (Å²) in [5, 5.41) is 3.59. The molecule has 0 aliphatic carbocycles. The minimum absolute atomic E-state index is 0.0405. The zero-order valence-electron chi connectivity index (χ0n) is 9.64. The summed E-state index contributed by atoms with van der Waals surface area (Å²) in [6.45, 7) is 1.44. The Kier molecular flexibility index (Phi) is 5.48. The third-order valence-electron chi connectivity index (χ3n) is 2.07. The van der Waals surface area contributed by atoms with Gasteiger partial charge in [-0.3, -0.25) is 4.68 Å². The molecule has 0 spiro atoms. The molecule has 0 bridgehead atoms. The van der Waals surface area contributed by atoms with E-state index in [9.17, 15) is 17.2 Å². The molecular formula is C9H13ClF2N2O3S. The molecular weight excluding hydrogens is 290 g/mol. The van der Waals surface area contributed by atoms with E-state index in [4.69, 9.17) is 15.4 Å². The number of rotatable bonds is 7. The molecule has 0 saturated heterocycles. The summed E-state index contributed by atoms with van der Waals surface area (Å²) in [5.74, 6) is 0. The molecule has 0 aromatic carbocycles. The quantitative estimate of drug-likeness (QED) is 0.571. The maximum absolute atomic E-state index is 12.3. The fourth-order valence-electron chi connectivity index (χ4n) is 1.34. The van der Waals surface area contributed by atoms with Gasteiger partial charge in [0.25, 0.3) is 15.5 Å². The van der Waals surface area contributed by atoms with Gasteiger partial charge in [0.1, 0.15) is 11.4 Å². The maximum Gasteiger partial charge on any atom is 0.264 e. The maximum atomic E-state index is 12.3. The molecule has 18 heavy (non-hydrogen) atoms. The fourth-order valence-corrected chi connectivity index (χ4v) is 2.35. The molecule has 0 aliphatic rings. The smallest absolute Gasteiger partial charge is 0.264 e. The highest BCUT2D eigenvalue weighted by Crippen LogP contribution is 2.21. The molecule has 0 radical (unpaired) electrons. The average Bonchev–Trinajstić information content (AvgIpc) is 2.60. The van der Waals surface area contributed by atoms with Crippen LogP contribution in [0.15, 0.2) is 11.1 Å². The Morgan fingerprint density at radius 3 is 2.72 bits per heavy atom. The molecule has 5 nitrogen and oxygen atoms in total. The lowest BCUT2D eigenvalue weighted by atomic mass is 10.4. The topological polar surface area (TPSA) is 61.2 Å². The van der Waals surface area contributed by atoms with Crippen LogP contribution in [0.2, 0.25) is 0 Å². The van der Waals surface area contributed by atoms with Gasteiger partial charge in [-0.25, -0.2) is 17.2 Å². The zero-order chi connectivity index (χ0) is 13.8. The molecule has 0 aliphatic heterocycles. The van der Waals surface area contributed by atoms with E-state index < -0.39 is 22.0 Å². The molecule has 1 heterocycles. The van der Waals surface area contributed by atoms with Crippen LogP contribution < -0.4 is 0 Å². The molecule has 1 aromatic heterocycles. The molecule has 9 heteroatoms. The highest BCUT2D eigenvalue weighted by Gasteiger charge is 2.22. The van der Waals surface area contributed by atoms with Crippen LogP contribution in [0.1, 0.15) is 19.0 Å². The van der Waals surface area contributed by atoms with Crippen LogP contribution in [0.5, 0.6) is 0 Å². The van der Waals surface area contributed by atoms with E-state index in [2.05, 4.69) is 5.10 Å². The van der Waals surface area contributed by atoms with E-state index in [0.29, 0.717) is 6.61 Å². The molecule has 0 atom stereocenters. The molecule has 0 N–H and O–H groups in total. The minimum atomic E-state index is -4.02. The first-order valence-corrected chi connectivity index (χ1v) is 7.52. The van der Waals surface area contributed by atoms with Crippen LogP contribution in [0.4, 0.5) is 8.78 Å². The van der Waals surface area contributed by atoms with Gasteiger partial charge >= 0.3 is 0 Å². The summed E-state index contributed by atoms with van der Waals surface area (Å²) < 4.78 is 53.2. The van der Waals surface area contributed by atoms with Crippen LogP contribution in [0.25, 0.3) is 0 Å². The largest absolute Gasteiger partial charge is 0.375 e. The average molecular weight is 303 g/mol. The lowest BCUT2D eigenvalue weighted by Crippen LogP contribution is -2.13. The molecule has 0 unspecified atom stereocenters. The fraction of sp³-hybridized carbons (Fsp3) is 0.667. The first-order valence-electron chi connectivity index (χ1n) is 5.21. The number of nitrogens with zero attached hydrogens (tertiary/aromatic N) is 2. The van der Waals surface area contributed by atoms with Crippen LogP contribution in [-0.4, -0.2) is 31.2 Å². The van der Waals surface area contributed by atoms with Gasteiger partial charge in [-0.1, -0.05) is 6.92 Å². The third-order valence-corrected chi connectivity index (χ3v) is 3.44. The second-order valence-electron chi connectivity index (χ2n) is 3.52. The third kappa shape index (κ3) is 4.18. The van der Waals surface area contributed by atoms with Gasteiger partial charge in [-0.05, 0) is 6.42 Å². The van der Waals surface area contributed by atoms with Gasteiger partial charge in [-0.15, -0.1) is 0 Å². The minimum Gasteiger partial charge on any atom is -0.375 e. The van der Waals surface area contributed by atoms with Crippen molar-refractivity contribution in [1.82, 2.24) is 9.78 Å². The summed E-state index contributed by atoms with van der Waals surface area (Å²) in [6, 6.07) is 0. The van der Waals surface area contributed by atoms with Gasteiger partial charge in [0.15, 0.2) is 0 Å². The predicted octanol–water partition coefficient (Wildman–Crippen LogP) is 2.00. The summed E-state index contributed by atoms with van der Waals surface area (Å²) in [5.41, 5.74) is 0.0405. The molecule has 0 saturated carbocycles. The van der Waals surface area contributed by atoms with Crippen molar-refractivity contribution in [2.45, 2.75) is 37.8 Å². The number of hydrogen-bond acceptors (Lipinski definition) is 4. The van der Waals surface area contributed by atoms with Crippen molar-refractivity contribution >= 4 is 19.7 Å². The summed E-state index contributed by atoms with van der Waals surface area (Å²) in [4.78, 5) is -0.291. The standard InChI is InChI=1S/C9H13ClF2N2O3S/c1-2-3-17-6-7-8(18(10,15)16)4-13-14(7)5-9(11)12/h4,9H,2-3,5-6H2,1H3. The van der Waals surface area contributed by atoms with Crippen LogP contribution in [0, 0.1) is 0 Å². The number of hydrogen-bond donors (Lipinski definition) is 0.